The van der Waals surface area contributed by atoms with Crippen molar-refractivity contribution >= 4 is 17.4 Å². The molecule has 4 rings (SSSR count). The number of oxazole rings is 1. The third kappa shape index (κ3) is 3.02. The van der Waals surface area contributed by atoms with Crippen LogP contribution in [-0.4, -0.2) is 61.8 Å². The fourth-order valence-corrected chi connectivity index (χ4v) is 3.11. The topological polar surface area (TPSA) is 92.7 Å². The van der Waals surface area contributed by atoms with Crippen LogP contribution in [0.3, 0.4) is 0 Å². The molecule has 9 heteroatoms. The number of hydrogen-bond donors (Lipinski definition) is 0. The number of hydrogen-bond acceptors (Lipinski definition) is 7. The molecule has 27 heavy (non-hydrogen) atoms. The molecule has 0 atom stereocenters. The number of fused-ring (bicyclic) bond motifs is 1. The Morgan fingerprint density at radius 3 is 2.63 bits per heavy atom. The zero-order valence-electron chi connectivity index (χ0n) is 16.2. The molecule has 1 amide bonds. The van der Waals surface area contributed by atoms with Crippen LogP contribution < -0.4 is 4.90 Å². The highest BCUT2D eigenvalue weighted by Gasteiger charge is 2.35. The second-order valence-electron chi connectivity index (χ2n) is 7.96. The van der Waals surface area contributed by atoms with Gasteiger partial charge in [-0.2, -0.15) is 4.52 Å². The molecule has 3 aromatic heterocycles. The van der Waals surface area contributed by atoms with Crippen LogP contribution in [0.2, 0.25) is 0 Å². The Morgan fingerprint density at radius 2 is 2.00 bits per heavy atom. The summed E-state index contributed by atoms with van der Waals surface area (Å²) in [5.74, 6) is 2.03. The normalized spacial score (nSPS) is 15.2. The zero-order chi connectivity index (χ0) is 19.3. The van der Waals surface area contributed by atoms with Gasteiger partial charge in [0.15, 0.2) is 23.1 Å². The lowest BCUT2D eigenvalue weighted by atomic mass is 9.96. The quantitative estimate of drug-likeness (QED) is 0.693. The summed E-state index contributed by atoms with van der Waals surface area (Å²) in [4.78, 5) is 20.4. The SMILES string of the molecule is Cc1nc(C(=O)N(C)C2CN(c3ccc4nnc(C(C)(C)C)n4n3)C2)co1. The predicted molar refractivity (Wildman–Crippen MR) is 98.8 cm³/mol. The van der Waals surface area contributed by atoms with Crippen molar-refractivity contribution in [3.8, 4) is 0 Å². The highest BCUT2D eigenvalue weighted by Crippen LogP contribution is 2.25. The minimum Gasteiger partial charge on any atom is -0.448 e. The fraction of sp³-hybridized carbons (Fsp3) is 0.500. The first-order chi connectivity index (χ1) is 12.7. The summed E-state index contributed by atoms with van der Waals surface area (Å²) in [6.45, 7) is 9.41. The average Bonchev–Trinajstić information content (AvgIpc) is 3.18. The van der Waals surface area contributed by atoms with Crippen molar-refractivity contribution < 1.29 is 9.21 Å². The third-order valence-electron chi connectivity index (χ3n) is 4.81. The zero-order valence-corrected chi connectivity index (χ0v) is 16.2. The Morgan fingerprint density at radius 1 is 1.26 bits per heavy atom. The number of aromatic nitrogens is 5. The number of anilines is 1. The van der Waals surface area contributed by atoms with E-state index in [-0.39, 0.29) is 17.4 Å². The summed E-state index contributed by atoms with van der Waals surface area (Å²) in [5.41, 5.74) is 0.923. The molecule has 0 bridgehead atoms. The van der Waals surface area contributed by atoms with Gasteiger partial charge < -0.3 is 14.2 Å². The van der Waals surface area contributed by atoms with Crippen LogP contribution in [0.25, 0.3) is 5.65 Å². The van der Waals surface area contributed by atoms with Crippen molar-refractivity contribution in [2.45, 2.75) is 39.2 Å². The van der Waals surface area contributed by atoms with E-state index in [1.54, 1.807) is 23.4 Å². The van der Waals surface area contributed by atoms with E-state index in [0.717, 1.165) is 17.3 Å². The molecule has 1 aliphatic heterocycles. The number of rotatable bonds is 3. The fourth-order valence-electron chi connectivity index (χ4n) is 3.11. The van der Waals surface area contributed by atoms with Crippen LogP contribution >= 0.6 is 0 Å². The molecule has 0 aromatic carbocycles. The van der Waals surface area contributed by atoms with Gasteiger partial charge in [-0.15, -0.1) is 15.3 Å². The van der Waals surface area contributed by atoms with Crippen LogP contribution in [0.1, 0.15) is 43.0 Å². The van der Waals surface area contributed by atoms with Gasteiger partial charge in [-0.05, 0) is 12.1 Å². The first-order valence-electron chi connectivity index (χ1n) is 8.91. The van der Waals surface area contributed by atoms with E-state index in [0.29, 0.717) is 24.7 Å². The molecule has 1 fully saturated rings. The average molecular weight is 369 g/mol. The van der Waals surface area contributed by atoms with Crippen molar-refractivity contribution in [1.82, 2.24) is 29.7 Å². The molecule has 0 unspecified atom stereocenters. The highest BCUT2D eigenvalue weighted by molar-refractivity contribution is 5.92. The van der Waals surface area contributed by atoms with Crippen molar-refractivity contribution in [2.75, 3.05) is 25.0 Å². The number of amides is 1. The lowest BCUT2D eigenvalue weighted by Crippen LogP contribution is -2.60. The Hall–Kier alpha value is -2.97. The van der Waals surface area contributed by atoms with Crippen LogP contribution in [0.5, 0.6) is 0 Å². The minimum atomic E-state index is -0.148. The van der Waals surface area contributed by atoms with Gasteiger partial charge in [0.25, 0.3) is 5.91 Å². The van der Waals surface area contributed by atoms with E-state index in [2.05, 4.69) is 40.9 Å². The molecule has 4 heterocycles. The van der Waals surface area contributed by atoms with Gasteiger partial charge in [0.05, 0.1) is 6.04 Å². The van der Waals surface area contributed by atoms with Crippen LogP contribution in [0.15, 0.2) is 22.8 Å². The molecular formula is C18H23N7O2. The number of carbonyl (C=O) groups is 1. The van der Waals surface area contributed by atoms with Crippen molar-refractivity contribution in [1.29, 1.82) is 0 Å². The maximum Gasteiger partial charge on any atom is 0.275 e. The second-order valence-corrected chi connectivity index (χ2v) is 7.96. The van der Waals surface area contributed by atoms with E-state index in [4.69, 9.17) is 9.52 Å². The van der Waals surface area contributed by atoms with Gasteiger partial charge in [-0.1, -0.05) is 20.8 Å². The summed E-state index contributed by atoms with van der Waals surface area (Å²) < 4.78 is 6.94. The Balaban J connectivity index is 1.48. The molecule has 1 aliphatic rings. The van der Waals surface area contributed by atoms with Gasteiger partial charge in [0.2, 0.25) is 0 Å². The summed E-state index contributed by atoms with van der Waals surface area (Å²) in [7, 11) is 1.79. The Bertz CT molecular complexity index is 995. The molecule has 142 valence electrons. The van der Waals surface area contributed by atoms with E-state index in [1.165, 1.54) is 6.26 Å². The lowest BCUT2D eigenvalue weighted by Gasteiger charge is -2.44. The van der Waals surface area contributed by atoms with Crippen LogP contribution in [-0.2, 0) is 5.41 Å². The van der Waals surface area contributed by atoms with Crippen molar-refractivity contribution in [2.24, 2.45) is 0 Å². The molecule has 0 saturated carbocycles. The van der Waals surface area contributed by atoms with E-state index < -0.39 is 0 Å². The maximum absolute atomic E-state index is 12.5. The first kappa shape index (κ1) is 17.4. The highest BCUT2D eigenvalue weighted by atomic mass is 16.3. The smallest absolute Gasteiger partial charge is 0.275 e. The van der Waals surface area contributed by atoms with Crippen LogP contribution in [0, 0.1) is 6.92 Å². The molecule has 1 saturated heterocycles. The van der Waals surface area contributed by atoms with Gasteiger partial charge in [0, 0.05) is 32.5 Å². The number of carbonyl (C=O) groups excluding carboxylic acids is 1. The molecule has 0 radical (unpaired) electrons. The van der Waals surface area contributed by atoms with Gasteiger partial charge in [-0.25, -0.2) is 4.98 Å². The number of nitrogens with zero attached hydrogens (tertiary/aromatic N) is 7. The maximum atomic E-state index is 12.5. The molecule has 0 spiro atoms. The molecule has 9 nitrogen and oxygen atoms in total. The Kier molecular flexibility index (Phi) is 3.90. The first-order valence-corrected chi connectivity index (χ1v) is 8.91. The second kappa shape index (κ2) is 6.04. The molecular weight excluding hydrogens is 346 g/mol. The number of aryl methyl sites for hydroxylation is 1. The minimum absolute atomic E-state index is 0.106. The Labute approximate surface area is 157 Å². The standard InChI is InChI=1S/C18H23N7O2/c1-11-19-13(10-27-11)16(26)23(5)12-8-24(9-12)15-7-6-14-20-21-17(18(2,3)4)25(14)22-15/h6-7,10,12H,8-9H2,1-5H3. The van der Waals surface area contributed by atoms with Crippen molar-refractivity contribution in [3.63, 3.8) is 0 Å². The third-order valence-corrected chi connectivity index (χ3v) is 4.81. The predicted octanol–water partition coefficient (Wildman–Crippen LogP) is 1.68. The summed E-state index contributed by atoms with van der Waals surface area (Å²) in [5, 5.41) is 13.2. The summed E-state index contributed by atoms with van der Waals surface area (Å²) >= 11 is 0. The van der Waals surface area contributed by atoms with E-state index in [1.807, 2.05) is 12.1 Å². The summed E-state index contributed by atoms with van der Waals surface area (Å²) in [6.07, 6.45) is 1.40. The van der Waals surface area contributed by atoms with E-state index >= 15 is 0 Å². The van der Waals surface area contributed by atoms with E-state index in [9.17, 15) is 4.79 Å². The largest absolute Gasteiger partial charge is 0.448 e. The summed E-state index contributed by atoms with van der Waals surface area (Å²) in [6, 6.07) is 3.97. The van der Waals surface area contributed by atoms with Gasteiger partial charge in [-0.3, -0.25) is 4.79 Å². The van der Waals surface area contributed by atoms with Crippen LogP contribution in [0.4, 0.5) is 5.82 Å². The monoisotopic (exact) mass is 369 g/mol. The van der Waals surface area contributed by atoms with Crippen molar-refractivity contribution in [3.05, 3.63) is 35.8 Å². The van der Waals surface area contributed by atoms with Gasteiger partial charge >= 0.3 is 0 Å². The molecule has 0 N–H and O–H groups in total. The molecule has 0 aliphatic carbocycles. The lowest BCUT2D eigenvalue weighted by molar-refractivity contribution is 0.0699. The molecule has 3 aromatic rings. The number of likely N-dealkylation sites (N-methyl/N-ethyl adjacent to an activating group) is 1. The van der Waals surface area contributed by atoms with Gasteiger partial charge in [0.1, 0.15) is 12.1 Å².